The SMILES string of the molecule is CC(C)(C)OC(=O)NCC(=O)N1CCC(CNC(=O)/C=C/c2ccc(F)cc2)CC1. The molecule has 1 aromatic rings. The number of piperidine rings is 1. The van der Waals surface area contributed by atoms with Gasteiger partial charge in [0.15, 0.2) is 0 Å². The molecule has 0 atom stereocenters. The number of nitrogens with one attached hydrogen (secondary N) is 2. The topological polar surface area (TPSA) is 87.7 Å². The second-order valence-corrected chi connectivity index (χ2v) is 8.31. The Morgan fingerprint density at radius 1 is 1.13 bits per heavy atom. The van der Waals surface area contributed by atoms with Crippen molar-refractivity contribution in [3.63, 3.8) is 0 Å². The number of carbonyl (C=O) groups excluding carboxylic acids is 3. The van der Waals surface area contributed by atoms with Gasteiger partial charge in [0.1, 0.15) is 18.0 Å². The quantitative estimate of drug-likeness (QED) is 0.694. The van der Waals surface area contributed by atoms with Crippen molar-refractivity contribution >= 4 is 24.0 Å². The van der Waals surface area contributed by atoms with Crippen LogP contribution in [0.5, 0.6) is 0 Å². The number of carbonyl (C=O) groups is 3. The Bertz CT molecular complexity index is 764. The lowest BCUT2D eigenvalue weighted by molar-refractivity contribution is -0.131. The van der Waals surface area contributed by atoms with E-state index in [-0.39, 0.29) is 30.1 Å². The van der Waals surface area contributed by atoms with Crippen LogP contribution in [-0.4, -0.2) is 54.6 Å². The Morgan fingerprint density at radius 2 is 1.77 bits per heavy atom. The summed E-state index contributed by atoms with van der Waals surface area (Å²) in [6.07, 6.45) is 4.00. The van der Waals surface area contributed by atoms with Crippen LogP contribution >= 0.6 is 0 Å². The molecule has 8 heteroatoms. The Hall–Kier alpha value is -2.90. The van der Waals surface area contributed by atoms with Crippen LogP contribution < -0.4 is 10.6 Å². The highest BCUT2D eigenvalue weighted by Crippen LogP contribution is 2.16. The fraction of sp³-hybridized carbons (Fsp3) is 0.500. The van der Waals surface area contributed by atoms with Gasteiger partial charge >= 0.3 is 6.09 Å². The fourth-order valence-corrected chi connectivity index (χ4v) is 3.01. The van der Waals surface area contributed by atoms with Crippen LogP contribution in [0, 0.1) is 11.7 Å². The van der Waals surface area contributed by atoms with Crippen LogP contribution in [0.2, 0.25) is 0 Å². The smallest absolute Gasteiger partial charge is 0.408 e. The van der Waals surface area contributed by atoms with Crippen molar-refractivity contribution in [1.82, 2.24) is 15.5 Å². The molecule has 0 unspecified atom stereocenters. The Balaban J connectivity index is 1.65. The van der Waals surface area contributed by atoms with Crippen LogP contribution in [0.4, 0.5) is 9.18 Å². The molecule has 164 valence electrons. The van der Waals surface area contributed by atoms with Gasteiger partial charge in [-0.05, 0) is 63.3 Å². The maximum atomic E-state index is 12.9. The minimum absolute atomic E-state index is 0.0928. The summed E-state index contributed by atoms with van der Waals surface area (Å²) in [6, 6.07) is 5.89. The van der Waals surface area contributed by atoms with Crippen molar-refractivity contribution in [2.45, 2.75) is 39.2 Å². The van der Waals surface area contributed by atoms with Crippen LogP contribution in [0.3, 0.4) is 0 Å². The van der Waals surface area contributed by atoms with E-state index >= 15 is 0 Å². The van der Waals surface area contributed by atoms with Crippen molar-refractivity contribution < 1.29 is 23.5 Å². The molecule has 0 aromatic heterocycles. The molecular formula is C22H30FN3O4. The van der Waals surface area contributed by atoms with Gasteiger partial charge in [0.25, 0.3) is 0 Å². The van der Waals surface area contributed by atoms with E-state index in [0.717, 1.165) is 18.4 Å². The van der Waals surface area contributed by atoms with Crippen molar-refractivity contribution in [2.75, 3.05) is 26.2 Å². The normalized spacial score (nSPS) is 15.1. The number of hydrogen-bond donors (Lipinski definition) is 2. The molecule has 0 spiro atoms. The summed E-state index contributed by atoms with van der Waals surface area (Å²) in [5, 5.41) is 5.34. The average molecular weight is 419 g/mol. The molecule has 7 nitrogen and oxygen atoms in total. The first kappa shape index (κ1) is 23.4. The summed E-state index contributed by atoms with van der Waals surface area (Å²) in [5.74, 6) is -0.386. The van der Waals surface area contributed by atoms with Gasteiger partial charge in [-0.15, -0.1) is 0 Å². The third-order valence-corrected chi connectivity index (χ3v) is 4.61. The minimum atomic E-state index is -0.609. The number of halogens is 1. The lowest BCUT2D eigenvalue weighted by Gasteiger charge is -2.32. The first-order valence-corrected chi connectivity index (χ1v) is 10.1. The van der Waals surface area contributed by atoms with E-state index in [1.807, 2.05) is 0 Å². The number of alkyl carbamates (subject to hydrolysis) is 1. The number of benzene rings is 1. The standard InChI is InChI=1S/C22H30FN3O4/c1-22(2,3)30-21(29)25-15-20(28)26-12-10-17(11-13-26)14-24-19(27)9-6-16-4-7-18(23)8-5-16/h4-9,17H,10-15H2,1-3H3,(H,24,27)(H,25,29)/b9-6+. The lowest BCUT2D eigenvalue weighted by Crippen LogP contribution is -2.46. The second-order valence-electron chi connectivity index (χ2n) is 8.31. The zero-order valence-corrected chi connectivity index (χ0v) is 17.7. The average Bonchev–Trinajstić information content (AvgIpc) is 2.69. The van der Waals surface area contributed by atoms with Gasteiger partial charge in [-0.25, -0.2) is 9.18 Å². The van der Waals surface area contributed by atoms with Crippen molar-refractivity contribution in [2.24, 2.45) is 5.92 Å². The number of amides is 3. The first-order chi connectivity index (χ1) is 14.1. The Labute approximate surface area is 176 Å². The molecule has 1 aliphatic heterocycles. The molecule has 0 saturated carbocycles. The fourth-order valence-electron chi connectivity index (χ4n) is 3.01. The van der Waals surface area contributed by atoms with Gasteiger partial charge in [0.2, 0.25) is 11.8 Å². The predicted octanol–water partition coefficient (Wildman–Crippen LogP) is 2.72. The van der Waals surface area contributed by atoms with Gasteiger partial charge in [0.05, 0.1) is 0 Å². The van der Waals surface area contributed by atoms with Crippen LogP contribution in [-0.2, 0) is 14.3 Å². The van der Waals surface area contributed by atoms with E-state index in [1.54, 1.807) is 43.9 Å². The number of nitrogens with zero attached hydrogens (tertiary/aromatic N) is 1. The molecule has 1 aromatic carbocycles. The van der Waals surface area contributed by atoms with E-state index < -0.39 is 11.7 Å². The van der Waals surface area contributed by atoms with Crippen molar-refractivity contribution in [3.05, 3.63) is 41.7 Å². The molecule has 1 saturated heterocycles. The highest BCUT2D eigenvalue weighted by Gasteiger charge is 2.24. The summed E-state index contributed by atoms with van der Waals surface area (Å²) in [7, 11) is 0. The third-order valence-electron chi connectivity index (χ3n) is 4.61. The minimum Gasteiger partial charge on any atom is -0.444 e. The Morgan fingerprint density at radius 3 is 2.37 bits per heavy atom. The maximum absolute atomic E-state index is 12.9. The van der Waals surface area contributed by atoms with E-state index in [9.17, 15) is 18.8 Å². The molecule has 1 fully saturated rings. The maximum Gasteiger partial charge on any atom is 0.408 e. The third kappa shape index (κ3) is 8.63. The van der Waals surface area contributed by atoms with Gasteiger partial charge in [0, 0.05) is 25.7 Å². The van der Waals surface area contributed by atoms with E-state index in [2.05, 4.69) is 10.6 Å². The number of rotatable bonds is 6. The molecule has 1 aliphatic rings. The van der Waals surface area contributed by atoms with Gasteiger partial charge in [-0.3, -0.25) is 9.59 Å². The first-order valence-electron chi connectivity index (χ1n) is 10.1. The molecule has 3 amide bonds. The number of likely N-dealkylation sites (tertiary alicyclic amines) is 1. The van der Waals surface area contributed by atoms with Gasteiger partial charge < -0.3 is 20.3 Å². The summed E-state index contributed by atoms with van der Waals surface area (Å²) in [6.45, 7) is 6.89. The lowest BCUT2D eigenvalue weighted by atomic mass is 9.96. The summed E-state index contributed by atoms with van der Waals surface area (Å²) < 4.78 is 18.0. The molecule has 1 heterocycles. The van der Waals surface area contributed by atoms with Crippen LogP contribution in [0.1, 0.15) is 39.2 Å². The number of ether oxygens (including phenoxy) is 1. The van der Waals surface area contributed by atoms with E-state index in [1.165, 1.54) is 18.2 Å². The number of hydrogen-bond acceptors (Lipinski definition) is 4. The summed E-state index contributed by atoms with van der Waals surface area (Å²) >= 11 is 0. The molecule has 0 aliphatic carbocycles. The zero-order chi connectivity index (χ0) is 22.1. The zero-order valence-electron chi connectivity index (χ0n) is 17.7. The summed E-state index contributed by atoms with van der Waals surface area (Å²) in [5.41, 5.74) is 0.141. The van der Waals surface area contributed by atoms with Crippen molar-refractivity contribution in [3.8, 4) is 0 Å². The van der Waals surface area contributed by atoms with Crippen molar-refractivity contribution in [1.29, 1.82) is 0 Å². The molecule has 0 bridgehead atoms. The molecule has 0 radical (unpaired) electrons. The van der Waals surface area contributed by atoms with E-state index in [0.29, 0.717) is 19.6 Å². The van der Waals surface area contributed by atoms with Gasteiger partial charge in [-0.2, -0.15) is 0 Å². The summed E-state index contributed by atoms with van der Waals surface area (Å²) in [4.78, 5) is 37.5. The Kier molecular flexibility index (Phi) is 8.38. The van der Waals surface area contributed by atoms with Crippen LogP contribution in [0.25, 0.3) is 6.08 Å². The molecule has 30 heavy (non-hydrogen) atoms. The van der Waals surface area contributed by atoms with Gasteiger partial charge in [-0.1, -0.05) is 12.1 Å². The highest BCUT2D eigenvalue weighted by molar-refractivity contribution is 5.91. The second kappa shape index (κ2) is 10.8. The largest absolute Gasteiger partial charge is 0.444 e. The van der Waals surface area contributed by atoms with E-state index in [4.69, 9.17) is 4.74 Å². The highest BCUT2D eigenvalue weighted by atomic mass is 19.1. The monoisotopic (exact) mass is 419 g/mol. The molecular weight excluding hydrogens is 389 g/mol. The molecule has 2 rings (SSSR count). The predicted molar refractivity (Wildman–Crippen MR) is 112 cm³/mol. The van der Waals surface area contributed by atoms with Crippen LogP contribution in [0.15, 0.2) is 30.3 Å². The molecule has 2 N–H and O–H groups in total.